The van der Waals surface area contributed by atoms with Crippen molar-refractivity contribution in [3.63, 3.8) is 0 Å². The number of amides is 1. The largest absolute Gasteiger partial charge is 0.449 e. The van der Waals surface area contributed by atoms with E-state index in [4.69, 9.17) is 32.9 Å². The van der Waals surface area contributed by atoms with E-state index in [0.717, 1.165) is 41.4 Å². The van der Waals surface area contributed by atoms with Crippen molar-refractivity contribution < 1.29 is 14.3 Å². The molecule has 1 aliphatic rings. The van der Waals surface area contributed by atoms with Gasteiger partial charge in [-0.1, -0.05) is 48.3 Å². The molecule has 0 bridgehead atoms. The van der Waals surface area contributed by atoms with Gasteiger partial charge in [0, 0.05) is 16.1 Å². The minimum atomic E-state index is -1.01. The first kappa shape index (κ1) is 21.6. The number of rotatable bonds is 4. The number of halogens is 2. The van der Waals surface area contributed by atoms with Crippen molar-refractivity contribution in [2.45, 2.75) is 39.2 Å². The molecule has 1 amide bonds. The molecular weight excluding hydrogens is 435 g/mol. The van der Waals surface area contributed by atoms with Gasteiger partial charge in [0.1, 0.15) is 0 Å². The third-order valence-corrected chi connectivity index (χ3v) is 6.10. The predicted octanol–water partition coefficient (Wildman–Crippen LogP) is 5.85. The first-order valence-electron chi connectivity index (χ1n) is 10.2. The molecule has 3 aromatic rings. The predicted molar refractivity (Wildman–Crippen MR) is 123 cm³/mol. The minimum Gasteiger partial charge on any atom is -0.449 e. The highest BCUT2D eigenvalue weighted by molar-refractivity contribution is 6.36. The van der Waals surface area contributed by atoms with E-state index in [1.54, 1.807) is 12.1 Å². The molecule has 1 aromatic heterocycles. The molecule has 2 unspecified atom stereocenters. The third-order valence-electron chi connectivity index (χ3n) is 5.55. The molecule has 5 nitrogen and oxygen atoms in total. The molecule has 0 radical (unpaired) electrons. The standard InChI is InChI=1S/C24H22Cl2N2O3/c1-13-7-9-20-17(11-13)22(16-5-3-4-6-19(16)27-20)24(30)31-14(2)23(29)28-21-10-8-15(25)12-18(21)26/h3-6,8,10,12-14H,7,9,11H2,1-2H3,(H,28,29). The van der Waals surface area contributed by atoms with Crippen LogP contribution in [0.25, 0.3) is 10.9 Å². The zero-order valence-electron chi connectivity index (χ0n) is 17.2. The summed E-state index contributed by atoms with van der Waals surface area (Å²) in [5, 5.41) is 4.20. The van der Waals surface area contributed by atoms with Gasteiger partial charge in [-0.3, -0.25) is 9.78 Å². The Morgan fingerprint density at radius 1 is 1.19 bits per heavy atom. The Labute approximate surface area is 190 Å². The van der Waals surface area contributed by atoms with Gasteiger partial charge < -0.3 is 10.1 Å². The zero-order valence-corrected chi connectivity index (χ0v) is 18.8. The van der Waals surface area contributed by atoms with Gasteiger partial charge in [-0.05, 0) is 61.9 Å². The molecule has 4 rings (SSSR count). The Balaban J connectivity index is 1.60. The number of aromatic nitrogens is 1. The Hall–Kier alpha value is -2.63. The fraction of sp³-hybridized carbons (Fsp3) is 0.292. The number of ether oxygens (including phenoxy) is 1. The average molecular weight is 457 g/mol. The number of anilines is 1. The van der Waals surface area contributed by atoms with E-state index < -0.39 is 18.0 Å². The quantitative estimate of drug-likeness (QED) is 0.499. The summed E-state index contributed by atoms with van der Waals surface area (Å²) >= 11 is 12.0. The molecule has 0 aliphatic heterocycles. The first-order chi connectivity index (χ1) is 14.8. The highest BCUT2D eigenvalue weighted by atomic mass is 35.5. The number of fused-ring (bicyclic) bond motifs is 2. The molecule has 0 spiro atoms. The van der Waals surface area contributed by atoms with Crippen LogP contribution in [0, 0.1) is 5.92 Å². The maximum atomic E-state index is 13.2. The summed E-state index contributed by atoms with van der Waals surface area (Å²) in [6, 6.07) is 12.3. The number of pyridine rings is 1. The number of nitrogens with zero attached hydrogens (tertiary/aromatic N) is 1. The van der Waals surface area contributed by atoms with Crippen LogP contribution >= 0.6 is 23.2 Å². The van der Waals surface area contributed by atoms with Crippen molar-refractivity contribution in [2.75, 3.05) is 5.32 Å². The van der Waals surface area contributed by atoms with Gasteiger partial charge >= 0.3 is 5.97 Å². The number of para-hydroxylation sites is 1. The molecule has 31 heavy (non-hydrogen) atoms. The fourth-order valence-corrected chi connectivity index (χ4v) is 4.35. The number of benzene rings is 2. The van der Waals surface area contributed by atoms with Crippen molar-refractivity contribution in [3.05, 3.63) is 69.3 Å². The number of aryl methyl sites for hydroxylation is 1. The molecule has 2 aromatic carbocycles. The SMILES string of the molecule is CC1CCc2nc3ccccc3c(C(=O)OC(C)C(=O)Nc3ccc(Cl)cc3Cl)c2C1. The normalized spacial score (nSPS) is 16.5. The second-order valence-electron chi connectivity index (χ2n) is 7.94. The van der Waals surface area contributed by atoms with Crippen LogP contribution < -0.4 is 5.32 Å². The summed E-state index contributed by atoms with van der Waals surface area (Å²) in [5.41, 5.74) is 3.54. The molecule has 1 N–H and O–H groups in total. The second kappa shape index (κ2) is 8.85. The first-order valence-corrected chi connectivity index (χ1v) is 11.0. The number of hydrogen-bond acceptors (Lipinski definition) is 4. The topological polar surface area (TPSA) is 68.3 Å². The minimum absolute atomic E-state index is 0.308. The summed E-state index contributed by atoms with van der Waals surface area (Å²) in [5.74, 6) is -0.540. The van der Waals surface area contributed by atoms with Gasteiger partial charge in [-0.2, -0.15) is 0 Å². The lowest BCUT2D eigenvalue weighted by molar-refractivity contribution is -0.123. The van der Waals surface area contributed by atoms with Crippen molar-refractivity contribution in [1.82, 2.24) is 4.98 Å². The van der Waals surface area contributed by atoms with Crippen LogP contribution in [0.4, 0.5) is 5.69 Å². The molecular formula is C24H22Cl2N2O3. The molecule has 0 saturated heterocycles. The highest BCUT2D eigenvalue weighted by Crippen LogP contribution is 2.32. The summed E-state index contributed by atoms with van der Waals surface area (Å²) in [6.07, 6.45) is 1.61. The lowest BCUT2D eigenvalue weighted by Gasteiger charge is -2.24. The van der Waals surface area contributed by atoms with E-state index in [1.807, 2.05) is 24.3 Å². The number of esters is 1. The van der Waals surface area contributed by atoms with Crippen molar-refractivity contribution in [3.8, 4) is 0 Å². The smallest absolute Gasteiger partial charge is 0.339 e. The van der Waals surface area contributed by atoms with Crippen LogP contribution in [0.1, 0.15) is 41.9 Å². The maximum absolute atomic E-state index is 13.2. The highest BCUT2D eigenvalue weighted by Gasteiger charge is 2.28. The van der Waals surface area contributed by atoms with Gasteiger partial charge in [-0.25, -0.2) is 4.79 Å². The third kappa shape index (κ3) is 4.53. The molecule has 0 saturated carbocycles. The average Bonchev–Trinajstić information content (AvgIpc) is 2.73. The summed E-state index contributed by atoms with van der Waals surface area (Å²) in [4.78, 5) is 30.6. The fourth-order valence-electron chi connectivity index (χ4n) is 3.89. The lowest BCUT2D eigenvalue weighted by atomic mass is 9.84. The monoisotopic (exact) mass is 456 g/mol. The Bertz CT molecular complexity index is 1180. The van der Waals surface area contributed by atoms with Crippen LogP contribution in [0.3, 0.4) is 0 Å². The summed E-state index contributed by atoms with van der Waals surface area (Å²) < 4.78 is 5.60. The van der Waals surface area contributed by atoms with Crippen molar-refractivity contribution in [2.24, 2.45) is 5.92 Å². The van der Waals surface area contributed by atoms with E-state index in [2.05, 4.69) is 12.2 Å². The van der Waals surface area contributed by atoms with Gasteiger partial charge in [0.25, 0.3) is 5.91 Å². The van der Waals surface area contributed by atoms with Gasteiger partial charge in [0.15, 0.2) is 6.10 Å². The molecule has 0 fully saturated rings. The van der Waals surface area contributed by atoms with E-state index in [0.29, 0.717) is 27.2 Å². The van der Waals surface area contributed by atoms with Gasteiger partial charge in [0.2, 0.25) is 0 Å². The van der Waals surface area contributed by atoms with Crippen LogP contribution in [-0.2, 0) is 22.4 Å². The van der Waals surface area contributed by atoms with E-state index >= 15 is 0 Å². The number of hydrogen-bond donors (Lipinski definition) is 1. The van der Waals surface area contributed by atoms with E-state index in [9.17, 15) is 9.59 Å². The molecule has 1 heterocycles. The van der Waals surface area contributed by atoms with Crippen LogP contribution in [0.5, 0.6) is 0 Å². The lowest BCUT2D eigenvalue weighted by Crippen LogP contribution is -2.31. The van der Waals surface area contributed by atoms with Crippen molar-refractivity contribution >= 4 is 51.7 Å². The van der Waals surface area contributed by atoms with Gasteiger partial charge in [0.05, 0.1) is 21.8 Å². The maximum Gasteiger partial charge on any atom is 0.339 e. The second-order valence-corrected chi connectivity index (χ2v) is 8.78. The number of carbonyl (C=O) groups excluding carboxylic acids is 2. The molecule has 7 heteroatoms. The zero-order chi connectivity index (χ0) is 22.1. The van der Waals surface area contributed by atoms with Gasteiger partial charge in [-0.15, -0.1) is 0 Å². The Kier molecular flexibility index (Phi) is 6.17. The summed E-state index contributed by atoms with van der Waals surface area (Å²) in [7, 11) is 0. The van der Waals surface area contributed by atoms with Crippen LogP contribution in [-0.4, -0.2) is 23.0 Å². The van der Waals surface area contributed by atoms with E-state index in [1.165, 1.54) is 13.0 Å². The number of nitrogens with one attached hydrogen (secondary N) is 1. The summed E-state index contributed by atoms with van der Waals surface area (Å²) in [6.45, 7) is 3.70. The Morgan fingerprint density at radius 2 is 1.97 bits per heavy atom. The van der Waals surface area contributed by atoms with Crippen LogP contribution in [0.2, 0.25) is 10.0 Å². The number of carbonyl (C=O) groups is 2. The molecule has 1 aliphatic carbocycles. The van der Waals surface area contributed by atoms with Crippen LogP contribution in [0.15, 0.2) is 42.5 Å². The Morgan fingerprint density at radius 3 is 2.74 bits per heavy atom. The molecule has 2 atom stereocenters. The van der Waals surface area contributed by atoms with E-state index in [-0.39, 0.29) is 0 Å². The van der Waals surface area contributed by atoms with Crippen molar-refractivity contribution in [1.29, 1.82) is 0 Å². The molecule has 160 valence electrons.